The molecule has 0 aliphatic rings. The average molecular weight is 386 g/mol. The first-order valence-corrected chi connectivity index (χ1v) is 10.4. The maximum absolute atomic E-state index is 12.1. The van der Waals surface area contributed by atoms with E-state index in [1.54, 1.807) is 22.7 Å². The summed E-state index contributed by atoms with van der Waals surface area (Å²) in [5, 5.41) is 9.05. The Balaban J connectivity index is 1.47. The third-order valence-corrected chi connectivity index (χ3v) is 5.74. The second-order valence-electron chi connectivity index (χ2n) is 7.16. The van der Waals surface area contributed by atoms with Crippen molar-refractivity contribution in [1.29, 1.82) is 0 Å². The third-order valence-electron chi connectivity index (χ3n) is 3.90. The first-order chi connectivity index (χ1) is 12.4. The van der Waals surface area contributed by atoms with Crippen LogP contribution in [0.2, 0.25) is 0 Å². The molecule has 6 heteroatoms. The van der Waals surface area contributed by atoms with Crippen LogP contribution in [0.25, 0.3) is 10.6 Å². The van der Waals surface area contributed by atoms with E-state index in [1.807, 2.05) is 35.7 Å². The maximum atomic E-state index is 12.1. The molecule has 0 aliphatic carbocycles. The molecule has 0 bridgehead atoms. The number of nitrogens with zero attached hydrogens (tertiary/aromatic N) is 2. The van der Waals surface area contributed by atoms with Crippen LogP contribution in [0, 0.1) is 0 Å². The van der Waals surface area contributed by atoms with Crippen molar-refractivity contribution < 1.29 is 4.79 Å². The Morgan fingerprint density at radius 2 is 1.85 bits per heavy atom. The molecule has 0 aliphatic heterocycles. The Morgan fingerprint density at radius 1 is 1.08 bits per heavy atom. The highest BCUT2D eigenvalue weighted by Crippen LogP contribution is 2.24. The van der Waals surface area contributed by atoms with Gasteiger partial charge in [-0.3, -0.25) is 4.79 Å². The smallest absolute Gasteiger partial charge is 0.226 e. The summed E-state index contributed by atoms with van der Waals surface area (Å²) in [5.74, 6) is 0.00233. The fourth-order valence-corrected chi connectivity index (χ4v) is 4.26. The van der Waals surface area contributed by atoms with Crippen LogP contribution < -0.4 is 5.32 Å². The number of hydrogen-bond donors (Lipinski definition) is 1. The van der Waals surface area contributed by atoms with Gasteiger partial charge in [0.25, 0.3) is 0 Å². The Morgan fingerprint density at radius 3 is 2.54 bits per heavy atom. The highest BCUT2D eigenvalue weighted by atomic mass is 32.1. The lowest BCUT2D eigenvalue weighted by Crippen LogP contribution is -2.27. The summed E-state index contributed by atoms with van der Waals surface area (Å²) >= 11 is 3.23. The van der Waals surface area contributed by atoms with E-state index in [1.165, 1.54) is 0 Å². The summed E-state index contributed by atoms with van der Waals surface area (Å²) in [6, 6.07) is 10.0. The number of carbonyl (C=O) groups is 1. The normalized spacial score (nSPS) is 11.5. The fourth-order valence-electron chi connectivity index (χ4n) is 2.41. The molecule has 3 rings (SSSR count). The quantitative estimate of drug-likeness (QED) is 0.681. The molecule has 0 saturated heterocycles. The molecule has 3 aromatic rings. The summed E-state index contributed by atoms with van der Waals surface area (Å²) in [7, 11) is 0. The molecule has 0 unspecified atom stereocenters. The van der Waals surface area contributed by atoms with Gasteiger partial charge < -0.3 is 5.32 Å². The number of thiazole rings is 2. The Kier molecular flexibility index (Phi) is 5.84. The molecule has 0 spiro atoms. The molecule has 2 aromatic heterocycles. The molecule has 4 nitrogen and oxygen atoms in total. The maximum Gasteiger partial charge on any atom is 0.226 e. The molecular formula is C20H23N3OS2. The number of carbonyl (C=O) groups excluding carboxylic acids is 1. The molecule has 0 fully saturated rings. The van der Waals surface area contributed by atoms with Gasteiger partial charge in [0, 0.05) is 34.7 Å². The van der Waals surface area contributed by atoms with Crippen LogP contribution in [0.4, 0.5) is 0 Å². The Hall–Kier alpha value is -2.05. The lowest BCUT2D eigenvalue weighted by molar-refractivity contribution is -0.120. The van der Waals surface area contributed by atoms with E-state index in [-0.39, 0.29) is 11.3 Å². The van der Waals surface area contributed by atoms with Crippen molar-refractivity contribution >= 4 is 28.6 Å². The van der Waals surface area contributed by atoms with Crippen molar-refractivity contribution in [2.45, 2.75) is 39.0 Å². The largest absolute Gasteiger partial charge is 0.355 e. The van der Waals surface area contributed by atoms with Crippen LogP contribution in [0.15, 0.2) is 41.1 Å². The van der Waals surface area contributed by atoms with Gasteiger partial charge in [0.2, 0.25) is 5.91 Å². The highest BCUT2D eigenvalue weighted by Gasteiger charge is 2.17. The predicted octanol–water partition coefficient (Wildman–Crippen LogP) is 4.47. The minimum Gasteiger partial charge on any atom is -0.355 e. The van der Waals surface area contributed by atoms with Gasteiger partial charge in [0.1, 0.15) is 5.01 Å². The molecular weight excluding hydrogens is 362 g/mol. The number of hydrogen-bond acceptors (Lipinski definition) is 5. The van der Waals surface area contributed by atoms with Crippen molar-refractivity contribution in [3.05, 3.63) is 57.5 Å². The lowest BCUT2D eigenvalue weighted by atomic mass is 9.93. The average Bonchev–Trinajstić information content (AvgIpc) is 3.25. The lowest BCUT2D eigenvalue weighted by Gasteiger charge is -2.14. The van der Waals surface area contributed by atoms with E-state index in [4.69, 9.17) is 0 Å². The molecule has 0 saturated carbocycles. The van der Waals surface area contributed by atoms with E-state index < -0.39 is 0 Å². The van der Waals surface area contributed by atoms with Gasteiger partial charge in [-0.05, 0) is 0 Å². The first-order valence-electron chi connectivity index (χ1n) is 8.63. The van der Waals surface area contributed by atoms with Gasteiger partial charge in [0.15, 0.2) is 0 Å². The van der Waals surface area contributed by atoms with Crippen LogP contribution >= 0.6 is 22.7 Å². The Bertz CT molecular complexity index is 863. The van der Waals surface area contributed by atoms with Crippen molar-refractivity contribution in [3.63, 3.8) is 0 Å². The van der Waals surface area contributed by atoms with Crippen LogP contribution in [-0.4, -0.2) is 22.4 Å². The summed E-state index contributed by atoms with van der Waals surface area (Å²) in [4.78, 5) is 21.4. The number of benzene rings is 1. The summed E-state index contributed by atoms with van der Waals surface area (Å²) in [6.07, 6.45) is 1.08. The van der Waals surface area contributed by atoms with Crippen molar-refractivity contribution in [3.8, 4) is 10.6 Å². The summed E-state index contributed by atoms with van der Waals surface area (Å²) in [6.45, 7) is 7.08. The van der Waals surface area contributed by atoms with Crippen LogP contribution in [-0.2, 0) is 23.1 Å². The van der Waals surface area contributed by atoms with Gasteiger partial charge in [-0.2, -0.15) is 0 Å². The Labute approximate surface area is 162 Å². The molecule has 0 radical (unpaired) electrons. The predicted molar refractivity (Wildman–Crippen MR) is 109 cm³/mol. The molecule has 1 N–H and O–H groups in total. The van der Waals surface area contributed by atoms with E-state index in [0.717, 1.165) is 33.4 Å². The fraction of sp³-hybridized carbons (Fsp3) is 0.350. The molecule has 0 atom stereocenters. The second-order valence-corrected chi connectivity index (χ2v) is 8.96. The minimum atomic E-state index is 0.00233. The van der Waals surface area contributed by atoms with E-state index >= 15 is 0 Å². The zero-order valence-corrected chi connectivity index (χ0v) is 16.9. The van der Waals surface area contributed by atoms with E-state index in [2.05, 4.69) is 41.4 Å². The zero-order chi connectivity index (χ0) is 18.6. The molecule has 2 heterocycles. The standard InChI is InChI=1S/C20H23N3OS2/c1-20(2,3)16-13-25-18(23-16)9-10-21-17(24)11-15-12-26-19(22-15)14-7-5-4-6-8-14/h4-8,12-13H,9-11H2,1-3H3,(H,21,24). The van der Waals surface area contributed by atoms with Gasteiger partial charge in [-0.15, -0.1) is 22.7 Å². The van der Waals surface area contributed by atoms with E-state index in [0.29, 0.717) is 13.0 Å². The number of rotatable bonds is 6. The number of amides is 1. The van der Waals surface area contributed by atoms with E-state index in [9.17, 15) is 4.79 Å². The molecule has 1 aromatic carbocycles. The zero-order valence-electron chi connectivity index (χ0n) is 15.3. The molecule has 1 amide bonds. The number of aromatic nitrogens is 2. The van der Waals surface area contributed by atoms with Gasteiger partial charge >= 0.3 is 0 Å². The van der Waals surface area contributed by atoms with Crippen molar-refractivity contribution in [1.82, 2.24) is 15.3 Å². The second kappa shape index (κ2) is 8.10. The first kappa shape index (κ1) is 18.7. The highest BCUT2D eigenvalue weighted by molar-refractivity contribution is 7.13. The monoisotopic (exact) mass is 385 g/mol. The topological polar surface area (TPSA) is 54.9 Å². The van der Waals surface area contributed by atoms with Crippen molar-refractivity contribution in [2.24, 2.45) is 0 Å². The van der Waals surface area contributed by atoms with Gasteiger partial charge in [-0.25, -0.2) is 9.97 Å². The molecule has 136 valence electrons. The van der Waals surface area contributed by atoms with Gasteiger partial charge in [-0.1, -0.05) is 51.1 Å². The van der Waals surface area contributed by atoms with Crippen LogP contribution in [0.3, 0.4) is 0 Å². The third kappa shape index (κ3) is 4.99. The molecule has 26 heavy (non-hydrogen) atoms. The summed E-state index contributed by atoms with van der Waals surface area (Å²) < 4.78 is 0. The number of nitrogens with one attached hydrogen (secondary N) is 1. The summed E-state index contributed by atoms with van der Waals surface area (Å²) in [5.41, 5.74) is 3.08. The SMILES string of the molecule is CC(C)(C)c1csc(CCNC(=O)Cc2csc(-c3ccccc3)n2)n1. The van der Waals surface area contributed by atoms with Crippen LogP contribution in [0.5, 0.6) is 0 Å². The van der Waals surface area contributed by atoms with Crippen molar-refractivity contribution in [2.75, 3.05) is 6.54 Å². The minimum absolute atomic E-state index is 0.00233. The van der Waals surface area contributed by atoms with Gasteiger partial charge in [0.05, 0.1) is 22.8 Å². The van der Waals surface area contributed by atoms with Crippen LogP contribution in [0.1, 0.15) is 37.2 Å².